The summed E-state index contributed by atoms with van der Waals surface area (Å²) in [6.07, 6.45) is 1.04. The molecule has 0 aliphatic carbocycles. The largest absolute Gasteiger partial charge is 0.447 e. The first-order valence-electron chi connectivity index (χ1n) is 4.12. The number of hydrogen-bond donors (Lipinski definition) is 0. The molecule has 1 saturated heterocycles. The Hall–Kier alpha value is -2.09. The van der Waals surface area contributed by atoms with Crippen LogP contribution in [0.3, 0.4) is 0 Å². The Kier molecular flexibility index (Phi) is 2.03. The molecule has 0 saturated carbocycles. The van der Waals surface area contributed by atoms with Crippen molar-refractivity contribution in [2.45, 2.75) is 0 Å². The first-order valence-corrected chi connectivity index (χ1v) is 4.12. The zero-order valence-electron chi connectivity index (χ0n) is 7.30. The lowest BCUT2D eigenvalue weighted by atomic mass is 10.3. The summed E-state index contributed by atoms with van der Waals surface area (Å²) in [6, 6.07) is 5.21. The zero-order valence-corrected chi connectivity index (χ0v) is 7.30. The van der Waals surface area contributed by atoms with Crippen molar-refractivity contribution in [1.29, 1.82) is 5.26 Å². The Balaban J connectivity index is 2.25. The van der Waals surface area contributed by atoms with E-state index in [1.165, 1.54) is 11.1 Å². The van der Waals surface area contributed by atoms with Crippen LogP contribution in [0.5, 0.6) is 0 Å². The number of carbonyl (C=O) groups excluding carboxylic acids is 1. The van der Waals surface area contributed by atoms with Crippen LogP contribution in [0.15, 0.2) is 18.3 Å². The molecule has 0 N–H and O–H groups in total. The average molecular weight is 189 g/mol. The Labute approximate surface area is 80.5 Å². The number of nitriles is 1. The van der Waals surface area contributed by atoms with Crippen LogP contribution in [0.1, 0.15) is 5.56 Å². The van der Waals surface area contributed by atoms with Gasteiger partial charge in [-0.2, -0.15) is 5.26 Å². The topological polar surface area (TPSA) is 66.2 Å². The summed E-state index contributed by atoms with van der Waals surface area (Å²) in [6.45, 7) is 0.901. The highest BCUT2D eigenvalue weighted by molar-refractivity contribution is 5.88. The van der Waals surface area contributed by atoms with Crippen LogP contribution < -0.4 is 4.90 Å². The fourth-order valence-electron chi connectivity index (χ4n) is 1.21. The monoisotopic (exact) mass is 189 g/mol. The molecule has 0 atom stereocenters. The van der Waals surface area contributed by atoms with Crippen LogP contribution >= 0.6 is 0 Å². The van der Waals surface area contributed by atoms with E-state index in [1.54, 1.807) is 12.1 Å². The number of nitrogens with zero attached hydrogens (tertiary/aromatic N) is 3. The fraction of sp³-hybridized carbons (Fsp3) is 0.222. The van der Waals surface area contributed by atoms with Gasteiger partial charge in [0.2, 0.25) is 0 Å². The van der Waals surface area contributed by atoms with Crippen molar-refractivity contribution >= 4 is 11.9 Å². The van der Waals surface area contributed by atoms with Gasteiger partial charge < -0.3 is 4.74 Å². The number of hydrogen-bond acceptors (Lipinski definition) is 4. The van der Waals surface area contributed by atoms with Gasteiger partial charge in [0.15, 0.2) is 0 Å². The molecule has 2 heterocycles. The van der Waals surface area contributed by atoms with Gasteiger partial charge in [0.05, 0.1) is 12.1 Å². The number of aromatic nitrogens is 1. The minimum atomic E-state index is -0.387. The van der Waals surface area contributed by atoms with Crippen molar-refractivity contribution in [2.75, 3.05) is 18.1 Å². The van der Waals surface area contributed by atoms with Crippen molar-refractivity contribution < 1.29 is 9.53 Å². The first-order chi connectivity index (χ1) is 6.81. The molecule has 0 unspecified atom stereocenters. The van der Waals surface area contributed by atoms with Gasteiger partial charge in [0, 0.05) is 6.20 Å². The molecule has 1 aliphatic rings. The van der Waals surface area contributed by atoms with Gasteiger partial charge in [-0.05, 0) is 12.1 Å². The number of ether oxygens (including phenoxy) is 1. The minimum Gasteiger partial charge on any atom is -0.447 e. The van der Waals surface area contributed by atoms with Gasteiger partial charge >= 0.3 is 6.09 Å². The molecule has 2 rings (SSSR count). The van der Waals surface area contributed by atoms with Crippen molar-refractivity contribution in [1.82, 2.24) is 4.98 Å². The third-order valence-electron chi connectivity index (χ3n) is 1.91. The van der Waals surface area contributed by atoms with Gasteiger partial charge in [-0.3, -0.25) is 4.90 Å². The molecule has 5 heteroatoms. The maximum absolute atomic E-state index is 11.1. The van der Waals surface area contributed by atoms with E-state index in [4.69, 9.17) is 10.00 Å². The van der Waals surface area contributed by atoms with E-state index in [0.717, 1.165) is 0 Å². The lowest BCUT2D eigenvalue weighted by molar-refractivity contribution is 0.181. The molecular formula is C9H7N3O2. The molecule has 14 heavy (non-hydrogen) atoms. The van der Waals surface area contributed by atoms with Crippen LogP contribution in [0, 0.1) is 11.3 Å². The lowest BCUT2D eigenvalue weighted by Gasteiger charge is -2.10. The van der Waals surface area contributed by atoms with Crippen molar-refractivity contribution in [3.63, 3.8) is 0 Å². The quantitative estimate of drug-likeness (QED) is 0.658. The number of cyclic esters (lactones) is 1. The van der Waals surface area contributed by atoms with Gasteiger partial charge in [-0.25, -0.2) is 9.78 Å². The van der Waals surface area contributed by atoms with Crippen molar-refractivity contribution in [3.8, 4) is 6.07 Å². The molecule has 1 aromatic heterocycles. The molecule has 1 aromatic rings. The summed E-state index contributed by atoms with van der Waals surface area (Å²) in [7, 11) is 0. The number of amides is 1. The van der Waals surface area contributed by atoms with Gasteiger partial charge in [-0.1, -0.05) is 0 Å². The molecule has 0 spiro atoms. The average Bonchev–Trinajstić information content (AvgIpc) is 2.65. The van der Waals surface area contributed by atoms with Crippen LogP contribution in [0.25, 0.3) is 0 Å². The van der Waals surface area contributed by atoms with E-state index in [0.29, 0.717) is 24.5 Å². The highest BCUT2D eigenvalue weighted by Crippen LogP contribution is 2.15. The smallest absolute Gasteiger partial charge is 0.415 e. The van der Waals surface area contributed by atoms with Crippen LogP contribution in [-0.2, 0) is 4.74 Å². The summed E-state index contributed by atoms with van der Waals surface area (Å²) in [5.41, 5.74) is 0.473. The van der Waals surface area contributed by atoms with Crippen LogP contribution in [0.2, 0.25) is 0 Å². The van der Waals surface area contributed by atoms with E-state index in [2.05, 4.69) is 4.98 Å². The Morgan fingerprint density at radius 1 is 1.57 bits per heavy atom. The van der Waals surface area contributed by atoms with E-state index in [9.17, 15) is 4.79 Å². The Bertz CT molecular complexity index is 394. The van der Waals surface area contributed by atoms with E-state index < -0.39 is 0 Å². The third-order valence-corrected chi connectivity index (χ3v) is 1.91. The van der Waals surface area contributed by atoms with Gasteiger partial charge in [-0.15, -0.1) is 0 Å². The summed E-state index contributed by atoms with van der Waals surface area (Å²) in [5, 5.41) is 8.55. The summed E-state index contributed by atoms with van der Waals surface area (Å²) in [4.78, 5) is 16.5. The fourth-order valence-corrected chi connectivity index (χ4v) is 1.21. The van der Waals surface area contributed by atoms with Crippen LogP contribution in [0.4, 0.5) is 10.6 Å². The molecule has 0 aromatic carbocycles. The number of pyridine rings is 1. The molecular weight excluding hydrogens is 182 g/mol. The van der Waals surface area contributed by atoms with Gasteiger partial charge in [0.1, 0.15) is 18.5 Å². The predicted octanol–water partition coefficient (Wildman–Crippen LogP) is 0.910. The molecule has 0 radical (unpaired) electrons. The highest BCUT2D eigenvalue weighted by atomic mass is 16.6. The molecule has 1 amide bonds. The summed E-state index contributed by atoms with van der Waals surface area (Å²) in [5.74, 6) is 0.520. The van der Waals surface area contributed by atoms with E-state index in [-0.39, 0.29) is 6.09 Å². The standard InChI is InChI=1S/C9H7N3O2/c10-5-7-1-2-8(11-6-7)12-3-4-14-9(12)13/h1-2,6H,3-4H2. The number of anilines is 1. The number of rotatable bonds is 1. The minimum absolute atomic E-state index is 0.387. The second-order valence-corrected chi connectivity index (χ2v) is 2.78. The second-order valence-electron chi connectivity index (χ2n) is 2.78. The highest BCUT2D eigenvalue weighted by Gasteiger charge is 2.24. The normalized spacial score (nSPS) is 15.1. The van der Waals surface area contributed by atoms with E-state index >= 15 is 0 Å². The zero-order chi connectivity index (χ0) is 9.97. The molecule has 70 valence electrons. The van der Waals surface area contributed by atoms with Crippen LogP contribution in [-0.4, -0.2) is 24.2 Å². The number of carbonyl (C=O) groups is 1. The predicted molar refractivity (Wildman–Crippen MR) is 47.6 cm³/mol. The van der Waals surface area contributed by atoms with Crippen molar-refractivity contribution in [2.24, 2.45) is 0 Å². The first kappa shape index (κ1) is 8.51. The SMILES string of the molecule is N#Cc1ccc(N2CCOC2=O)nc1. The second kappa shape index (κ2) is 3.34. The Morgan fingerprint density at radius 3 is 2.93 bits per heavy atom. The third kappa shape index (κ3) is 1.38. The summed E-state index contributed by atoms with van der Waals surface area (Å²) >= 11 is 0. The molecule has 5 nitrogen and oxygen atoms in total. The maximum Gasteiger partial charge on any atom is 0.415 e. The summed E-state index contributed by atoms with van der Waals surface area (Å²) < 4.78 is 4.76. The molecule has 1 aliphatic heterocycles. The maximum atomic E-state index is 11.1. The lowest BCUT2D eigenvalue weighted by Crippen LogP contribution is -2.24. The van der Waals surface area contributed by atoms with Crippen molar-refractivity contribution in [3.05, 3.63) is 23.9 Å². The Morgan fingerprint density at radius 2 is 2.43 bits per heavy atom. The van der Waals surface area contributed by atoms with Gasteiger partial charge in [0.25, 0.3) is 0 Å². The molecule has 1 fully saturated rings. The molecule has 0 bridgehead atoms. The van der Waals surface area contributed by atoms with E-state index in [1.807, 2.05) is 6.07 Å².